The van der Waals surface area contributed by atoms with Crippen LogP contribution in [0, 0.1) is 23.5 Å². The fourth-order valence-electron chi connectivity index (χ4n) is 3.94. The van der Waals surface area contributed by atoms with Crippen LogP contribution in [0.15, 0.2) is 18.2 Å². The van der Waals surface area contributed by atoms with E-state index in [1.807, 2.05) is 0 Å². The summed E-state index contributed by atoms with van der Waals surface area (Å²) >= 11 is 0. The van der Waals surface area contributed by atoms with Crippen molar-refractivity contribution in [1.29, 1.82) is 0 Å². The fraction of sp³-hybridized carbons (Fsp3) is 0.632. The Morgan fingerprint density at radius 1 is 1.12 bits per heavy atom. The van der Waals surface area contributed by atoms with Crippen LogP contribution >= 0.6 is 0 Å². The van der Waals surface area contributed by atoms with E-state index in [2.05, 4.69) is 16.8 Å². The van der Waals surface area contributed by atoms with Crippen LogP contribution in [0.4, 0.5) is 8.78 Å². The molecular formula is C19H27F2N3O2. The van der Waals surface area contributed by atoms with E-state index in [9.17, 15) is 18.7 Å². The predicted molar refractivity (Wildman–Crippen MR) is 94.9 cm³/mol. The first-order valence-electron chi connectivity index (χ1n) is 9.24. The summed E-state index contributed by atoms with van der Waals surface area (Å²) in [5.74, 6) is -2.07. The Morgan fingerprint density at radius 3 is 2.62 bits per heavy atom. The zero-order valence-corrected chi connectivity index (χ0v) is 15.2. The number of rotatable bonds is 4. The number of benzene rings is 1. The van der Waals surface area contributed by atoms with Gasteiger partial charge in [-0.05, 0) is 50.7 Å². The molecule has 5 nitrogen and oxygen atoms in total. The van der Waals surface area contributed by atoms with Gasteiger partial charge in [0.15, 0.2) is 11.6 Å². The molecule has 7 heteroatoms. The van der Waals surface area contributed by atoms with E-state index in [0.717, 1.165) is 51.3 Å². The Kier molecular flexibility index (Phi) is 6.21. The first-order chi connectivity index (χ1) is 12.5. The molecule has 0 radical (unpaired) electrons. The quantitative estimate of drug-likeness (QED) is 0.871. The maximum absolute atomic E-state index is 13.4. The topological polar surface area (TPSA) is 47.0 Å². The highest BCUT2D eigenvalue weighted by molar-refractivity contribution is 5.94. The Labute approximate surface area is 153 Å². The number of carbonyl (C=O) groups excluding carboxylic acids is 1. The average Bonchev–Trinajstić information content (AvgIpc) is 2.92. The number of aliphatic hydroxyl groups excluding tert-OH is 1. The monoisotopic (exact) mass is 367 g/mol. The normalized spacial score (nSPS) is 25.5. The number of hydrogen-bond donors (Lipinski definition) is 1. The molecule has 0 aliphatic carbocycles. The highest BCUT2D eigenvalue weighted by atomic mass is 19.2. The smallest absolute Gasteiger partial charge is 0.253 e. The second-order valence-electron chi connectivity index (χ2n) is 7.50. The molecule has 2 fully saturated rings. The second-order valence-corrected chi connectivity index (χ2v) is 7.50. The van der Waals surface area contributed by atoms with E-state index in [-0.39, 0.29) is 29.9 Å². The fourth-order valence-corrected chi connectivity index (χ4v) is 3.94. The molecule has 2 atom stereocenters. The van der Waals surface area contributed by atoms with Crippen LogP contribution in [-0.4, -0.2) is 85.2 Å². The number of hydrogen-bond acceptors (Lipinski definition) is 4. The molecule has 0 unspecified atom stereocenters. The van der Waals surface area contributed by atoms with Crippen LogP contribution in [0.5, 0.6) is 0 Å². The summed E-state index contributed by atoms with van der Waals surface area (Å²) in [7, 11) is 2.12. The number of nitrogens with zero attached hydrogens (tertiary/aromatic N) is 3. The third-order valence-electron chi connectivity index (χ3n) is 5.57. The largest absolute Gasteiger partial charge is 0.396 e. The van der Waals surface area contributed by atoms with E-state index in [0.29, 0.717) is 13.1 Å². The Morgan fingerprint density at radius 2 is 1.88 bits per heavy atom. The summed E-state index contributed by atoms with van der Waals surface area (Å²) in [5, 5.41) is 9.74. The van der Waals surface area contributed by atoms with Crippen molar-refractivity contribution in [3.63, 3.8) is 0 Å². The number of halogens is 2. The number of likely N-dealkylation sites (N-methyl/N-ethyl adjacent to an activating group) is 1. The van der Waals surface area contributed by atoms with Crippen molar-refractivity contribution in [3.05, 3.63) is 35.4 Å². The molecule has 0 bridgehead atoms. The van der Waals surface area contributed by atoms with Crippen LogP contribution in [0.3, 0.4) is 0 Å². The molecule has 2 saturated heterocycles. The van der Waals surface area contributed by atoms with Gasteiger partial charge in [-0.3, -0.25) is 4.79 Å². The number of carbonyl (C=O) groups is 1. The van der Waals surface area contributed by atoms with Gasteiger partial charge in [-0.25, -0.2) is 8.78 Å². The number of amides is 1. The van der Waals surface area contributed by atoms with Gasteiger partial charge in [0, 0.05) is 50.8 Å². The lowest BCUT2D eigenvalue weighted by atomic mass is 9.96. The van der Waals surface area contributed by atoms with Gasteiger partial charge < -0.3 is 19.8 Å². The molecule has 0 aromatic heterocycles. The molecule has 1 aromatic rings. The van der Waals surface area contributed by atoms with E-state index < -0.39 is 11.6 Å². The van der Waals surface area contributed by atoms with Gasteiger partial charge in [0.05, 0.1) is 0 Å². The lowest BCUT2D eigenvalue weighted by Gasteiger charge is -2.26. The molecule has 2 aliphatic heterocycles. The highest BCUT2D eigenvalue weighted by Crippen LogP contribution is 2.26. The van der Waals surface area contributed by atoms with Crippen LogP contribution in [0.2, 0.25) is 0 Å². The van der Waals surface area contributed by atoms with Gasteiger partial charge in [0.2, 0.25) is 0 Å². The first kappa shape index (κ1) is 19.2. The molecule has 3 rings (SSSR count). The Balaban J connectivity index is 1.64. The SMILES string of the molecule is CN1CCCN(C[C@@H]2CN(C(=O)c3ccc(F)c(F)c3)C[C@@H]2CO)CC1. The van der Waals surface area contributed by atoms with Gasteiger partial charge in [-0.2, -0.15) is 0 Å². The molecule has 144 valence electrons. The van der Waals surface area contributed by atoms with Gasteiger partial charge >= 0.3 is 0 Å². The van der Waals surface area contributed by atoms with E-state index in [1.54, 1.807) is 4.90 Å². The van der Waals surface area contributed by atoms with Crippen LogP contribution < -0.4 is 0 Å². The molecule has 1 N–H and O–H groups in total. The van der Waals surface area contributed by atoms with Gasteiger partial charge in [-0.1, -0.05) is 0 Å². The van der Waals surface area contributed by atoms with Gasteiger partial charge in [-0.15, -0.1) is 0 Å². The number of aliphatic hydroxyl groups is 1. The van der Waals surface area contributed by atoms with Crippen molar-refractivity contribution in [2.24, 2.45) is 11.8 Å². The Hall–Kier alpha value is -1.57. The standard InChI is InChI=1S/C19H27F2N3O2/c1-22-5-2-6-23(8-7-22)10-15-11-24(12-16(15)13-25)19(26)14-3-4-17(20)18(21)9-14/h3-4,9,15-16,25H,2,5-8,10-13H2,1H3/t15-,16-/m1/s1. The minimum absolute atomic E-state index is 0.0187. The lowest BCUT2D eigenvalue weighted by molar-refractivity contribution is 0.0778. The van der Waals surface area contributed by atoms with Gasteiger partial charge in [0.25, 0.3) is 5.91 Å². The maximum Gasteiger partial charge on any atom is 0.253 e. The molecule has 1 aromatic carbocycles. The average molecular weight is 367 g/mol. The van der Waals surface area contributed by atoms with E-state index in [1.165, 1.54) is 6.07 Å². The Bertz CT molecular complexity index is 643. The molecule has 2 heterocycles. The third-order valence-corrected chi connectivity index (χ3v) is 5.57. The third kappa shape index (κ3) is 4.39. The summed E-state index contributed by atoms with van der Waals surface area (Å²) in [6.45, 7) is 5.99. The summed E-state index contributed by atoms with van der Waals surface area (Å²) in [4.78, 5) is 19.0. The maximum atomic E-state index is 13.4. The van der Waals surface area contributed by atoms with Crippen molar-refractivity contribution < 1.29 is 18.7 Å². The van der Waals surface area contributed by atoms with Crippen molar-refractivity contribution >= 4 is 5.91 Å². The molecular weight excluding hydrogens is 340 g/mol. The second kappa shape index (κ2) is 8.41. The number of likely N-dealkylation sites (tertiary alicyclic amines) is 1. The molecule has 1 amide bonds. The van der Waals surface area contributed by atoms with Crippen LogP contribution in [-0.2, 0) is 0 Å². The van der Waals surface area contributed by atoms with Crippen molar-refractivity contribution in [2.75, 3.05) is 59.5 Å². The summed E-state index contributed by atoms with van der Waals surface area (Å²) in [6, 6.07) is 3.24. The molecule has 2 aliphatic rings. The van der Waals surface area contributed by atoms with Crippen LogP contribution in [0.25, 0.3) is 0 Å². The van der Waals surface area contributed by atoms with E-state index in [4.69, 9.17) is 0 Å². The van der Waals surface area contributed by atoms with Crippen molar-refractivity contribution in [2.45, 2.75) is 6.42 Å². The molecule has 0 saturated carbocycles. The first-order valence-corrected chi connectivity index (χ1v) is 9.24. The van der Waals surface area contributed by atoms with Crippen molar-refractivity contribution in [1.82, 2.24) is 14.7 Å². The lowest BCUT2D eigenvalue weighted by Crippen LogP contribution is -2.36. The van der Waals surface area contributed by atoms with Crippen molar-refractivity contribution in [3.8, 4) is 0 Å². The predicted octanol–water partition coefficient (Wildman–Crippen LogP) is 1.28. The summed E-state index contributed by atoms with van der Waals surface area (Å²) in [6.07, 6.45) is 1.12. The minimum Gasteiger partial charge on any atom is -0.396 e. The van der Waals surface area contributed by atoms with Crippen LogP contribution in [0.1, 0.15) is 16.8 Å². The van der Waals surface area contributed by atoms with Gasteiger partial charge in [0.1, 0.15) is 0 Å². The zero-order chi connectivity index (χ0) is 18.7. The van der Waals surface area contributed by atoms with E-state index >= 15 is 0 Å². The summed E-state index contributed by atoms with van der Waals surface area (Å²) in [5.41, 5.74) is 0.151. The molecule has 0 spiro atoms. The highest BCUT2D eigenvalue weighted by Gasteiger charge is 2.36. The zero-order valence-electron chi connectivity index (χ0n) is 15.2. The molecule has 26 heavy (non-hydrogen) atoms. The summed E-state index contributed by atoms with van der Waals surface area (Å²) < 4.78 is 26.5. The minimum atomic E-state index is -1.01.